The Bertz CT molecular complexity index is 587. The van der Waals surface area contributed by atoms with Gasteiger partial charge in [-0.2, -0.15) is 0 Å². The molecule has 0 amide bonds. The minimum absolute atomic E-state index is 0.119. The minimum Gasteiger partial charge on any atom is -0.345 e. The van der Waals surface area contributed by atoms with Crippen molar-refractivity contribution in [3.8, 4) is 0 Å². The molecular weight excluding hydrogens is 232 g/mol. The molecule has 1 aliphatic rings. The number of hydrogen-bond acceptors (Lipinski definition) is 3. The van der Waals surface area contributed by atoms with Gasteiger partial charge in [0.1, 0.15) is 0 Å². The SMILES string of the molecule is O=C1/C(=C\c2cnc[nH]2)CSc2ccccc21. The van der Waals surface area contributed by atoms with Crippen LogP contribution in [0.5, 0.6) is 0 Å². The maximum absolute atomic E-state index is 12.2. The van der Waals surface area contributed by atoms with Crippen LogP contribution in [0, 0.1) is 0 Å². The number of carbonyl (C=O) groups excluding carboxylic acids is 1. The van der Waals surface area contributed by atoms with Crippen molar-refractivity contribution in [3.63, 3.8) is 0 Å². The molecule has 84 valence electrons. The van der Waals surface area contributed by atoms with Crippen molar-refractivity contribution in [3.05, 3.63) is 53.6 Å². The molecule has 0 aliphatic carbocycles. The molecule has 0 radical (unpaired) electrons. The van der Waals surface area contributed by atoms with E-state index in [1.807, 2.05) is 30.3 Å². The van der Waals surface area contributed by atoms with Crippen molar-refractivity contribution in [2.45, 2.75) is 4.90 Å². The maximum Gasteiger partial charge on any atom is 0.191 e. The van der Waals surface area contributed by atoms with Crippen molar-refractivity contribution in [2.24, 2.45) is 0 Å². The van der Waals surface area contributed by atoms with Crippen LogP contribution in [0.3, 0.4) is 0 Å². The predicted molar refractivity (Wildman–Crippen MR) is 68.1 cm³/mol. The number of nitrogens with zero attached hydrogens (tertiary/aromatic N) is 1. The number of aromatic nitrogens is 2. The second kappa shape index (κ2) is 4.22. The number of ketones is 1. The van der Waals surface area contributed by atoms with E-state index in [2.05, 4.69) is 9.97 Å². The van der Waals surface area contributed by atoms with E-state index in [1.165, 1.54) is 0 Å². The van der Waals surface area contributed by atoms with Crippen LogP contribution in [0.15, 0.2) is 47.3 Å². The second-order valence-corrected chi connectivity index (χ2v) is 4.81. The van der Waals surface area contributed by atoms with Gasteiger partial charge >= 0.3 is 0 Å². The van der Waals surface area contributed by atoms with Crippen LogP contribution in [-0.2, 0) is 0 Å². The Hall–Kier alpha value is -1.81. The third kappa shape index (κ3) is 1.91. The topological polar surface area (TPSA) is 45.8 Å². The molecule has 1 aliphatic heterocycles. The van der Waals surface area contributed by atoms with E-state index in [0.29, 0.717) is 0 Å². The zero-order chi connectivity index (χ0) is 11.7. The third-order valence-corrected chi connectivity index (χ3v) is 3.78. The molecule has 0 atom stereocenters. The minimum atomic E-state index is 0.119. The highest BCUT2D eigenvalue weighted by atomic mass is 32.2. The van der Waals surface area contributed by atoms with Gasteiger partial charge in [0.15, 0.2) is 5.78 Å². The molecular formula is C13H10N2OS. The van der Waals surface area contributed by atoms with Crippen LogP contribution in [0.25, 0.3) is 6.08 Å². The third-order valence-electron chi connectivity index (χ3n) is 2.66. The summed E-state index contributed by atoms with van der Waals surface area (Å²) in [5.74, 6) is 0.837. The van der Waals surface area contributed by atoms with Crippen molar-refractivity contribution in [1.29, 1.82) is 0 Å². The second-order valence-electron chi connectivity index (χ2n) is 3.79. The first-order valence-corrected chi connectivity index (χ1v) is 6.28. The summed E-state index contributed by atoms with van der Waals surface area (Å²) in [4.78, 5) is 20.2. The first-order chi connectivity index (χ1) is 8.34. The molecule has 0 spiro atoms. The molecule has 1 aromatic heterocycles. The smallest absolute Gasteiger partial charge is 0.191 e. The fraction of sp³-hybridized carbons (Fsp3) is 0.0769. The Morgan fingerprint density at radius 2 is 2.24 bits per heavy atom. The molecule has 2 aromatic rings. The summed E-state index contributed by atoms with van der Waals surface area (Å²) < 4.78 is 0. The molecule has 2 heterocycles. The number of rotatable bonds is 1. The number of hydrogen-bond donors (Lipinski definition) is 1. The molecule has 1 aromatic carbocycles. The molecule has 0 unspecified atom stereocenters. The first kappa shape index (κ1) is 10.4. The van der Waals surface area contributed by atoms with Crippen molar-refractivity contribution < 1.29 is 4.79 Å². The molecule has 0 fully saturated rings. The number of carbonyl (C=O) groups is 1. The molecule has 0 saturated heterocycles. The lowest BCUT2D eigenvalue weighted by atomic mass is 10.0. The number of Topliss-reactive ketones (excluding diaryl/α,β-unsaturated/α-hetero) is 1. The summed E-state index contributed by atoms with van der Waals surface area (Å²) in [6.45, 7) is 0. The van der Waals surface area contributed by atoms with E-state index in [-0.39, 0.29) is 5.78 Å². The standard InChI is InChI=1S/C13H10N2OS/c16-13-9(5-10-6-14-8-15-10)7-17-12-4-2-1-3-11(12)13/h1-6,8H,7H2,(H,14,15)/b9-5-. The van der Waals surface area contributed by atoms with Gasteiger partial charge in [0, 0.05) is 21.8 Å². The van der Waals surface area contributed by atoms with Gasteiger partial charge in [0.05, 0.1) is 18.2 Å². The molecule has 3 nitrogen and oxygen atoms in total. The molecule has 0 bridgehead atoms. The summed E-state index contributed by atoms with van der Waals surface area (Å²) in [5.41, 5.74) is 2.49. The lowest BCUT2D eigenvalue weighted by molar-refractivity contribution is 0.103. The van der Waals surface area contributed by atoms with Crippen LogP contribution < -0.4 is 0 Å². The van der Waals surface area contributed by atoms with Gasteiger partial charge in [-0.3, -0.25) is 4.79 Å². The molecule has 0 saturated carbocycles. The molecule has 17 heavy (non-hydrogen) atoms. The number of nitrogens with one attached hydrogen (secondary N) is 1. The van der Waals surface area contributed by atoms with Crippen molar-refractivity contribution in [2.75, 3.05) is 5.75 Å². The van der Waals surface area contributed by atoms with Gasteiger partial charge < -0.3 is 4.98 Å². The summed E-state index contributed by atoms with van der Waals surface area (Å²) in [5, 5.41) is 0. The normalized spacial score (nSPS) is 17.2. The van der Waals surface area contributed by atoms with E-state index in [0.717, 1.165) is 27.5 Å². The van der Waals surface area contributed by atoms with Crippen LogP contribution in [0.2, 0.25) is 0 Å². The predicted octanol–water partition coefficient (Wildman–Crippen LogP) is 2.78. The quantitative estimate of drug-likeness (QED) is 0.782. The fourth-order valence-electron chi connectivity index (χ4n) is 1.81. The average molecular weight is 242 g/mol. The lowest BCUT2D eigenvalue weighted by Gasteiger charge is -2.16. The summed E-state index contributed by atoms with van der Waals surface area (Å²) >= 11 is 1.70. The van der Waals surface area contributed by atoms with Crippen molar-refractivity contribution in [1.82, 2.24) is 9.97 Å². The van der Waals surface area contributed by atoms with E-state index in [9.17, 15) is 4.79 Å². The Balaban J connectivity index is 2.00. The highest BCUT2D eigenvalue weighted by Crippen LogP contribution is 2.32. The Morgan fingerprint density at radius 1 is 1.35 bits per heavy atom. The Labute approximate surface area is 103 Å². The highest BCUT2D eigenvalue weighted by molar-refractivity contribution is 7.99. The maximum atomic E-state index is 12.2. The van der Waals surface area contributed by atoms with Crippen molar-refractivity contribution >= 4 is 23.6 Å². The first-order valence-electron chi connectivity index (χ1n) is 5.30. The van der Waals surface area contributed by atoms with Gasteiger partial charge in [0.25, 0.3) is 0 Å². The zero-order valence-corrected chi connectivity index (χ0v) is 9.83. The molecule has 3 rings (SSSR count). The fourth-order valence-corrected chi connectivity index (χ4v) is 2.83. The van der Waals surface area contributed by atoms with Crippen LogP contribution in [-0.4, -0.2) is 21.5 Å². The average Bonchev–Trinajstić information content (AvgIpc) is 2.86. The van der Waals surface area contributed by atoms with E-state index < -0.39 is 0 Å². The molecule has 1 N–H and O–H groups in total. The van der Waals surface area contributed by atoms with Gasteiger partial charge in [0.2, 0.25) is 0 Å². The number of thioether (sulfide) groups is 1. The van der Waals surface area contributed by atoms with Gasteiger partial charge in [-0.1, -0.05) is 12.1 Å². The number of aromatic amines is 1. The highest BCUT2D eigenvalue weighted by Gasteiger charge is 2.21. The molecule has 4 heteroatoms. The Kier molecular flexibility index (Phi) is 2.57. The van der Waals surface area contributed by atoms with Gasteiger partial charge in [-0.05, 0) is 18.2 Å². The van der Waals surface area contributed by atoms with E-state index in [1.54, 1.807) is 24.3 Å². The number of fused-ring (bicyclic) bond motifs is 1. The van der Waals surface area contributed by atoms with Crippen LogP contribution in [0.4, 0.5) is 0 Å². The zero-order valence-electron chi connectivity index (χ0n) is 9.01. The Morgan fingerprint density at radius 3 is 3.06 bits per heavy atom. The van der Waals surface area contributed by atoms with Crippen LogP contribution in [0.1, 0.15) is 16.1 Å². The van der Waals surface area contributed by atoms with E-state index >= 15 is 0 Å². The van der Waals surface area contributed by atoms with Crippen LogP contribution >= 0.6 is 11.8 Å². The largest absolute Gasteiger partial charge is 0.345 e. The van der Waals surface area contributed by atoms with E-state index in [4.69, 9.17) is 0 Å². The monoisotopic (exact) mass is 242 g/mol. The number of H-pyrrole nitrogens is 1. The number of imidazole rings is 1. The summed E-state index contributed by atoms with van der Waals surface area (Å²) in [6, 6.07) is 7.73. The number of benzene rings is 1. The summed E-state index contributed by atoms with van der Waals surface area (Å²) in [6.07, 6.45) is 5.20. The van der Waals surface area contributed by atoms with Gasteiger partial charge in [-0.15, -0.1) is 11.8 Å². The van der Waals surface area contributed by atoms with Gasteiger partial charge in [-0.25, -0.2) is 4.98 Å². The lowest BCUT2D eigenvalue weighted by Crippen LogP contribution is -2.12. The summed E-state index contributed by atoms with van der Waals surface area (Å²) in [7, 11) is 0.